The third-order valence-corrected chi connectivity index (χ3v) is 6.34. The Kier molecular flexibility index (Phi) is 5.03. The zero-order valence-corrected chi connectivity index (χ0v) is 15.5. The minimum atomic E-state index is -3.77. The molecule has 1 aromatic rings. The molecule has 2 aliphatic rings. The third kappa shape index (κ3) is 3.45. The molecule has 27 heavy (non-hydrogen) atoms. The van der Waals surface area contributed by atoms with E-state index >= 15 is 0 Å². The van der Waals surface area contributed by atoms with Crippen molar-refractivity contribution < 1.29 is 27.6 Å². The molecule has 0 fully saturated rings. The summed E-state index contributed by atoms with van der Waals surface area (Å²) < 4.78 is 36.0. The van der Waals surface area contributed by atoms with E-state index in [9.17, 15) is 23.3 Å². The number of carbonyl (C=O) groups excluding carboxylic acids is 1. The van der Waals surface area contributed by atoms with Crippen LogP contribution in [0.25, 0.3) is 0 Å². The first-order valence-corrected chi connectivity index (χ1v) is 9.75. The number of hydrogen-bond acceptors (Lipinski definition) is 8. The minimum Gasteiger partial charge on any atom is -0.466 e. The van der Waals surface area contributed by atoms with Crippen LogP contribution >= 0.6 is 0 Å². The first-order chi connectivity index (χ1) is 12.8. The molecule has 0 bridgehead atoms. The highest BCUT2D eigenvalue weighted by Gasteiger charge is 2.41. The van der Waals surface area contributed by atoms with Gasteiger partial charge in [0, 0.05) is 17.8 Å². The van der Waals surface area contributed by atoms with Crippen molar-refractivity contribution in [2.45, 2.75) is 12.8 Å². The van der Waals surface area contributed by atoms with Gasteiger partial charge in [-0.3, -0.25) is 10.1 Å². The number of non-ortho nitro benzene ring substituents is 1. The van der Waals surface area contributed by atoms with Crippen molar-refractivity contribution in [1.29, 1.82) is 0 Å². The van der Waals surface area contributed by atoms with E-state index < -0.39 is 26.6 Å². The Hall–Kier alpha value is -2.72. The summed E-state index contributed by atoms with van der Waals surface area (Å²) in [5.41, 5.74) is 0.968. The molecule has 1 unspecified atom stereocenters. The minimum absolute atomic E-state index is 0.00787. The monoisotopic (exact) mass is 394 g/mol. The van der Waals surface area contributed by atoms with Crippen molar-refractivity contribution in [2.75, 3.05) is 26.1 Å². The number of methoxy groups -OCH3 is 1. The number of nitro benzene ring substituents is 1. The average molecular weight is 394 g/mol. The van der Waals surface area contributed by atoms with Crippen LogP contribution in [0, 0.1) is 10.1 Å². The number of ether oxygens (including phenoxy) is 2. The summed E-state index contributed by atoms with van der Waals surface area (Å²) in [4.78, 5) is 23.0. The fraction of sp³-hybridized carbons (Fsp3) is 0.353. The molecule has 0 amide bonds. The molecule has 1 N–H and O–H groups in total. The molecule has 0 saturated carbocycles. The van der Waals surface area contributed by atoms with Crippen LogP contribution in [0.5, 0.6) is 0 Å². The lowest BCUT2D eigenvalue weighted by Crippen LogP contribution is -2.33. The highest BCUT2D eigenvalue weighted by molar-refractivity contribution is 7.95. The smallest absolute Gasteiger partial charge is 0.336 e. The molecule has 2 heterocycles. The summed E-state index contributed by atoms with van der Waals surface area (Å²) in [6.45, 7) is 1.68. The molecular formula is C17H18N2O7S. The van der Waals surface area contributed by atoms with Gasteiger partial charge in [-0.15, -0.1) is 0 Å². The lowest BCUT2D eigenvalue weighted by atomic mass is 9.86. The Morgan fingerprint density at radius 1 is 1.41 bits per heavy atom. The molecule has 0 aliphatic carbocycles. The average Bonchev–Trinajstić information content (AvgIpc) is 2.78. The number of rotatable bonds is 3. The maximum Gasteiger partial charge on any atom is 0.336 e. The highest BCUT2D eigenvalue weighted by atomic mass is 32.2. The van der Waals surface area contributed by atoms with Crippen LogP contribution in [0.1, 0.15) is 18.4 Å². The van der Waals surface area contributed by atoms with Crippen molar-refractivity contribution in [3.8, 4) is 0 Å². The number of nitrogens with zero attached hydrogens (tertiary/aromatic N) is 1. The summed E-state index contributed by atoms with van der Waals surface area (Å²) in [5.74, 6) is -1.96. The highest BCUT2D eigenvalue weighted by Crippen LogP contribution is 2.42. The van der Waals surface area contributed by atoms with Crippen molar-refractivity contribution in [3.05, 3.63) is 61.8 Å². The van der Waals surface area contributed by atoms with Crippen LogP contribution < -0.4 is 5.32 Å². The van der Waals surface area contributed by atoms with Crippen LogP contribution in [-0.4, -0.2) is 45.4 Å². The van der Waals surface area contributed by atoms with Gasteiger partial charge >= 0.3 is 5.97 Å². The number of sulfone groups is 1. The standard InChI is InChI=1S/C17H18N2O7S/c1-10-14(17(20)25-2)15(11-4-3-5-12(8-11)19(21)22)16-13(18-10)9-26-6-7-27(16,23)24/h3-5,8,15,18H,6-7,9H2,1-2H3. The first kappa shape index (κ1) is 19.1. The van der Waals surface area contributed by atoms with E-state index in [4.69, 9.17) is 9.47 Å². The molecule has 1 atom stereocenters. The van der Waals surface area contributed by atoms with Crippen molar-refractivity contribution in [1.82, 2.24) is 5.32 Å². The summed E-state index contributed by atoms with van der Waals surface area (Å²) in [6, 6.07) is 5.60. The van der Waals surface area contributed by atoms with E-state index in [-0.39, 0.29) is 35.1 Å². The molecule has 0 aromatic heterocycles. The van der Waals surface area contributed by atoms with Crippen LogP contribution in [0.3, 0.4) is 0 Å². The van der Waals surface area contributed by atoms with E-state index in [2.05, 4.69) is 5.32 Å². The molecule has 144 valence electrons. The Morgan fingerprint density at radius 2 is 2.15 bits per heavy atom. The second-order valence-corrected chi connectivity index (χ2v) is 8.23. The first-order valence-electron chi connectivity index (χ1n) is 8.10. The van der Waals surface area contributed by atoms with Gasteiger partial charge in [0.15, 0.2) is 9.84 Å². The van der Waals surface area contributed by atoms with E-state index in [0.717, 1.165) is 0 Å². The van der Waals surface area contributed by atoms with E-state index in [0.29, 0.717) is 17.0 Å². The molecule has 0 spiro atoms. The van der Waals surface area contributed by atoms with Crippen LogP contribution in [-0.2, 0) is 24.1 Å². The van der Waals surface area contributed by atoms with Crippen LogP contribution in [0.2, 0.25) is 0 Å². The van der Waals surface area contributed by atoms with Gasteiger partial charge in [0.25, 0.3) is 5.69 Å². The number of dihydropyridines is 1. The normalized spacial score (nSPS) is 21.8. The molecule has 1 aromatic carbocycles. The predicted molar refractivity (Wildman–Crippen MR) is 95.3 cm³/mol. The number of nitro groups is 1. The summed E-state index contributed by atoms with van der Waals surface area (Å²) in [5, 5.41) is 14.1. The lowest BCUT2D eigenvalue weighted by molar-refractivity contribution is -0.384. The maximum atomic E-state index is 12.9. The molecule has 0 saturated heterocycles. The van der Waals surface area contributed by atoms with E-state index in [1.54, 1.807) is 13.0 Å². The van der Waals surface area contributed by atoms with Gasteiger partial charge in [-0.2, -0.15) is 0 Å². The second-order valence-electron chi connectivity index (χ2n) is 6.15. The predicted octanol–water partition coefficient (Wildman–Crippen LogP) is 1.39. The lowest BCUT2D eigenvalue weighted by Gasteiger charge is -2.30. The number of carbonyl (C=O) groups is 1. The van der Waals surface area contributed by atoms with Gasteiger partial charge < -0.3 is 14.8 Å². The number of allylic oxidation sites excluding steroid dienone is 2. The van der Waals surface area contributed by atoms with Gasteiger partial charge in [0.1, 0.15) is 0 Å². The summed E-state index contributed by atoms with van der Waals surface area (Å²) in [7, 11) is -2.57. The van der Waals surface area contributed by atoms with E-state index in [1.165, 1.54) is 25.3 Å². The molecular weight excluding hydrogens is 376 g/mol. The zero-order valence-electron chi connectivity index (χ0n) is 14.7. The second kappa shape index (κ2) is 7.12. The quantitative estimate of drug-likeness (QED) is 0.463. The molecule has 0 radical (unpaired) electrons. The van der Waals surface area contributed by atoms with Gasteiger partial charge in [-0.25, -0.2) is 13.2 Å². The third-order valence-electron chi connectivity index (χ3n) is 4.49. The van der Waals surface area contributed by atoms with Gasteiger partial charge in [-0.05, 0) is 12.5 Å². The van der Waals surface area contributed by atoms with Crippen molar-refractivity contribution >= 4 is 21.5 Å². The van der Waals surface area contributed by atoms with Gasteiger partial charge in [0.05, 0.1) is 53.1 Å². The number of esters is 1. The molecule has 9 nitrogen and oxygen atoms in total. The van der Waals surface area contributed by atoms with Crippen LogP contribution in [0.15, 0.2) is 46.1 Å². The van der Waals surface area contributed by atoms with E-state index in [1.807, 2.05) is 0 Å². The number of hydrogen-bond donors (Lipinski definition) is 1. The Morgan fingerprint density at radius 3 is 2.81 bits per heavy atom. The molecule has 3 rings (SSSR count). The molecule has 2 aliphatic heterocycles. The molecule has 10 heteroatoms. The van der Waals surface area contributed by atoms with Crippen molar-refractivity contribution in [3.63, 3.8) is 0 Å². The van der Waals surface area contributed by atoms with Gasteiger partial charge in [0.2, 0.25) is 0 Å². The fourth-order valence-electron chi connectivity index (χ4n) is 3.32. The largest absolute Gasteiger partial charge is 0.466 e. The Balaban J connectivity index is 2.29. The Labute approximate surface area is 155 Å². The Bertz CT molecular complexity index is 979. The fourth-order valence-corrected chi connectivity index (χ4v) is 4.98. The number of nitrogens with one attached hydrogen (secondary N) is 1. The van der Waals surface area contributed by atoms with Crippen molar-refractivity contribution in [2.24, 2.45) is 0 Å². The van der Waals surface area contributed by atoms with Gasteiger partial charge in [-0.1, -0.05) is 12.1 Å². The number of benzene rings is 1. The summed E-state index contributed by atoms with van der Waals surface area (Å²) >= 11 is 0. The summed E-state index contributed by atoms with van der Waals surface area (Å²) in [6.07, 6.45) is 0. The topological polar surface area (TPSA) is 125 Å². The maximum absolute atomic E-state index is 12.9. The van der Waals surface area contributed by atoms with Crippen LogP contribution in [0.4, 0.5) is 5.69 Å². The zero-order chi connectivity index (χ0) is 19.8. The SMILES string of the molecule is COC(=O)C1=C(C)NC2=C(C1c1cccc([N+](=O)[O-])c1)S(=O)(=O)CCOC2.